The summed E-state index contributed by atoms with van der Waals surface area (Å²) >= 11 is 4.93. The highest BCUT2D eigenvalue weighted by Gasteiger charge is 2.02. The molecule has 1 atom stereocenters. The van der Waals surface area contributed by atoms with Gasteiger partial charge in [-0.3, -0.25) is 0 Å². The highest BCUT2D eigenvalue weighted by molar-refractivity contribution is 7.80. The fourth-order valence-electron chi connectivity index (χ4n) is 2.68. The summed E-state index contributed by atoms with van der Waals surface area (Å²) in [6.45, 7) is 7.20. The van der Waals surface area contributed by atoms with Crippen molar-refractivity contribution < 1.29 is 4.74 Å². The van der Waals surface area contributed by atoms with Crippen molar-refractivity contribution in [1.29, 1.82) is 0 Å². The van der Waals surface area contributed by atoms with E-state index in [0.29, 0.717) is 11.0 Å². The van der Waals surface area contributed by atoms with Crippen LogP contribution in [0.25, 0.3) is 0 Å². The van der Waals surface area contributed by atoms with Gasteiger partial charge in [-0.25, -0.2) is 0 Å². The van der Waals surface area contributed by atoms with E-state index in [1.165, 1.54) is 83.5 Å². The molecule has 0 aromatic rings. The summed E-state index contributed by atoms with van der Waals surface area (Å²) in [7, 11) is 0. The van der Waals surface area contributed by atoms with Crippen LogP contribution in [-0.2, 0) is 4.74 Å². The first-order valence-electron chi connectivity index (χ1n) is 9.30. The molecular weight excluding hydrogens is 276 g/mol. The van der Waals surface area contributed by atoms with Gasteiger partial charge < -0.3 is 4.74 Å². The van der Waals surface area contributed by atoms with Gasteiger partial charge in [-0.05, 0) is 24.6 Å². The van der Waals surface area contributed by atoms with Crippen LogP contribution in [0.2, 0.25) is 0 Å². The maximum absolute atomic E-state index is 5.39. The van der Waals surface area contributed by atoms with E-state index in [1.54, 1.807) is 0 Å². The van der Waals surface area contributed by atoms with E-state index in [1.807, 2.05) is 6.92 Å². The van der Waals surface area contributed by atoms with Gasteiger partial charge >= 0.3 is 0 Å². The van der Waals surface area contributed by atoms with Crippen LogP contribution in [0.5, 0.6) is 0 Å². The summed E-state index contributed by atoms with van der Waals surface area (Å²) in [6, 6.07) is 0. The normalized spacial score (nSPS) is 12.3. The third-order valence-corrected chi connectivity index (χ3v) is 4.24. The van der Waals surface area contributed by atoms with Crippen LogP contribution in [0.4, 0.5) is 0 Å². The zero-order valence-electron chi connectivity index (χ0n) is 14.8. The Kier molecular flexibility index (Phi) is 16.2. The minimum atomic E-state index is 0.644. The predicted octanol–water partition coefficient (Wildman–Crippen LogP) is 7.08. The Morgan fingerprint density at radius 3 is 1.67 bits per heavy atom. The largest absolute Gasteiger partial charge is 0.487 e. The second-order valence-electron chi connectivity index (χ2n) is 6.59. The maximum atomic E-state index is 5.39. The summed E-state index contributed by atoms with van der Waals surface area (Å²) in [5.41, 5.74) is 0. The van der Waals surface area contributed by atoms with Crippen LogP contribution in [0, 0.1) is 5.92 Å². The van der Waals surface area contributed by atoms with Gasteiger partial charge in [0.15, 0.2) is 5.05 Å². The number of unbranched alkanes of at least 4 members (excludes halogenated alkanes) is 11. The molecule has 0 rings (SSSR count). The van der Waals surface area contributed by atoms with Crippen molar-refractivity contribution in [3.05, 3.63) is 0 Å². The quantitative estimate of drug-likeness (QED) is 0.236. The van der Waals surface area contributed by atoms with Crippen LogP contribution in [-0.4, -0.2) is 11.7 Å². The third-order valence-electron chi connectivity index (χ3n) is 4.12. The van der Waals surface area contributed by atoms with Crippen LogP contribution in [0.1, 0.15) is 104 Å². The van der Waals surface area contributed by atoms with Crippen LogP contribution < -0.4 is 0 Å². The minimum absolute atomic E-state index is 0.644. The number of hydrogen-bond donors (Lipinski definition) is 0. The lowest BCUT2D eigenvalue weighted by Gasteiger charge is -2.11. The highest BCUT2D eigenvalue weighted by Crippen LogP contribution is 2.14. The van der Waals surface area contributed by atoms with Crippen molar-refractivity contribution in [3.63, 3.8) is 0 Å². The van der Waals surface area contributed by atoms with Crippen molar-refractivity contribution in [2.45, 2.75) is 104 Å². The first-order valence-corrected chi connectivity index (χ1v) is 9.71. The van der Waals surface area contributed by atoms with Gasteiger partial charge in [0, 0.05) is 6.92 Å². The van der Waals surface area contributed by atoms with E-state index in [9.17, 15) is 0 Å². The Labute approximate surface area is 139 Å². The topological polar surface area (TPSA) is 9.23 Å². The van der Waals surface area contributed by atoms with Gasteiger partial charge in [-0.15, -0.1) is 0 Å². The van der Waals surface area contributed by atoms with Gasteiger partial charge in [-0.2, -0.15) is 0 Å². The molecule has 0 radical (unpaired) electrons. The molecule has 0 spiro atoms. The average Bonchev–Trinajstić information content (AvgIpc) is 2.46. The first kappa shape index (κ1) is 20.9. The summed E-state index contributed by atoms with van der Waals surface area (Å²) < 4.78 is 5.39. The van der Waals surface area contributed by atoms with E-state index in [4.69, 9.17) is 17.0 Å². The Morgan fingerprint density at radius 1 is 0.810 bits per heavy atom. The molecule has 126 valence electrons. The van der Waals surface area contributed by atoms with E-state index >= 15 is 0 Å². The van der Waals surface area contributed by atoms with E-state index < -0.39 is 0 Å². The molecule has 0 saturated carbocycles. The van der Waals surface area contributed by atoms with E-state index in [-0.39, 0.29) is 0 Å². The smallest absolute Gasteiger partial charge is 0.156 e. The summed E-state index contributed by atoms with van der Waals surface area (Å²) in [5, 5.41) is 0.677. The zero-order valence-corrected chi connectivity index (χ0v) is 15.6. The molecule has 0 aliphatic rings. The molecule has 21 heavy (non-hydrogen) atoms. The van der Waals surface area contributed by atoms with Crippen molar-refractivity contribution in [1.82, 2.24) is 0 Å². The van der Waals surface area contributed by atoms with Crippen LogP contribution >= 0.6 is 12.2 Å². The maximum Gasteiger partial charge on any atom is 0.156 e. The standard InChI is InChI=1S/C19H38OS/c1-4-5-6-7-8-9-10-11-12-13-14-15-16-18(2)17-20-19(3)21/h18H,4-17H2,1-3H3. The van der Waals surface area contributed by atoms with Gasteiger partial charge in [0.1, 0.15) is 0 Å². The lowest BCUT2D eigenvalue weighted by molar-refractivity contribution is 0.241. The van der Waals surface area contributed by atoms with Crippen molar-refractivity contribution in [2.75, 3.05) is 6.61 Å². The van der Waals surface area contributed by atoms with E-state index in [2.05, 4.69) is 13.8 Å². The Balaban J connectivity index is 3.10. The van der Waals surface area contributed by atoms with Gasteiger partial charge in [-0.1, -0.05) is 90.9 Å². The number of thiocarbonyl (C=S) groups is 1. The number of ether oxygens (including phenoxy) is 1. The fraction of sp³-hybridized carbons (Fsp3) is 0.947. The zero-order chi connectivity index (χ0) is 15.8. The molecular formula is C19H38OS. The van der Waals surface area contributed by atoms with Crippen molar-refractivity contribution in [3.8, 4) is 0 Å². The molecule has 0 aliphatic heterocycles. The second-order valence-corrected chi connectivity index (χ2v) is 7.16. The SMILES string of the molecule is CCCCCCCCCCCCCCC(C)COC(C)=S. The fourth-order valence-corrected chi connectivity index (χ4v) is 2.74. The molecule has 0 heterocycles. The summed E-state index contributed by atoms with van der Waals surface area (Å²) in [5.74, 6) is 0.644. The number of rotatable bonds is 15. The van der Waals surface area contributed by atoms with Gasteiger partial charge in [0.05, 0.1) is 6.61 Å². The average molecular weight is 315 g/mol. The minimum Gasteiger partial charge on any atom is -0.487 e. The Hall–Kier alpha value is -0.110. The Bertz CT molecular complexity index is 228. The van der Waals surface area contributed by atoms with E-state index in [0.717, 1.165) is 6.61 Å². The predicted molar refractivity (Wildman–Crippen MR) is 99.1 cm³/mol. The van der Waals surface area contributed by atoms with Gasteiger partial charge in [0.25, 0.3) is 0 Å². The lowest BCUT2D eigenvalue weighted by atomic mass is 10.0. The highest BCUT2D eigenvalue weighted by atomic mass is 32.1. The lowest BCUT2D eigenvalue weighted by Crippen LogP contribution is -2.08. The molecule has 1 unspecified atom stereocenters. The molecule has 0 fully saturated rings. The molecule has 0 aliphatic carbocycles. The molecule has 0 bridgehead atoms. The van der Waals surface area contributed by atoms with Crippen molar-refractivity contribution >= 4 is 17.3 Å². The molecule has 0 N–H and O–H groups in total. The van der Waals surface area contributed by atoms with Crippen molar-refractivity contribution in [2.24, 2.45) is 5.92 Å². The molecule has 0 aromatic heterocycles. The Morgan fingerprint density at radius 2 is 1.24 bits per heavy atom. The number of hydrogen-bond acceptors (Lipinski definition) is 2. The summed E-state index contributed by atoms with van der Waals surface area (Å²) in [6.07, 6.45) is 18.3. The summed E-state index contributed by atoms with van der Waals surface area (Å²) in [4.78, 5) is 0. The van der Waals surface area contributed by atoms with Crippen LogP contribution in [0.15, 0.2) is 0 Å². The first-order chi connectivity index (χ1) is 10.2. The molecule has 0 saturated heterocycles. The van der Waals surface area contributed by atoms with Crippen LogP contribution in [0.3, 0.4) is 0 Å². The molecule has 0 aromatic carbocycles. The molecule has 2 heteroatoms. The molecule has 0 amide bonds. The van der Waals surface area contributed by atoms with Gasteiger partial charge in [0.2, 0.25) is 0 Å². The third kappa shape index (κ3) is 17.8. The molecule has 1 nitrogen and oxygen atoms in total. The second kappa shape index (κ2) is 16.3. The monoisotopic (exact) mass is 314 g/mol.